The summed E-state index contributed by atoms with van der Waals surface area (Å²) in [7, 11) is 0. The van der Waals surface area contributed by atoms with E-state index in [1.54, 1.807) is 6.20 Å². The number of halogens is 1. The van der Waals surface area contributed by atoms with E-state index in [4.69, 9.17) is 16.0 Å². The van der Waals surface area contributed by atoms with E-state index in [2.05, 4.69) is 36.0 Å². The molecule has 0 aromatic carbocycles. The third-order valence-corrected chi connectivity index (χ3v) is 2.62. The Bertz CT molecular complexity index is 524. The smallest absolute Gasteiger partial charge is 0.225 e. The van der Waals surface area contributed by atoms with Crippen LogP contribution >= 0.6 is 11.6 Å². The van der Waals surface area contributed by atoms with Crippen molar-refractivity contribution in [2.24, 2.45) is 0 Å². The summed E-state index contributed by atoms with van der Waals surface area (Å²) in [6, 6.07) is 0. The molecule has 0 aliphatic heterocycles. The van der Waals surface area contributed by atoms with E-state index in [-0.39, 0.29) is 5.41 Å². The second kappa shape index (κ2) is 4.14. The molecular weight excluding hydrogens is 240 g/mol. The van der Waals surface area contributed by atoms with Crippen LogP contribution in [-0.2, 0) is 12.0 Å². The molecule has 2 aromatic heterocycles. The molecule has 0 saturated carbocycles. The van der Waals surface area contributed by atoms with Crippen molar-refractivity contribution in [3.63, 3.8) is 0 Å². The van der Waals surface area contributed by atoms with Crippen LogP contribution in [0.5, 0.6) is 0 Å². The molecule has 5 nitrogen and oxygen atoms in total. The number of aromatic nitrogens is 4. The summed E-state index contributed by atoms with van der Waals surface area (Å²) in [5.41, 5.74) is -0.123. The van der Waals surface area contributed by atoms with E-state index >= 15 is 0 Å². The first-order valence-electron chi connectivity index (χ1n) is 5.38. The monoisotopic (exact) mass is 254 g/mol. The Balaban J connectivity index is 2.35. The highest BCUT2D eigenvalue weighted by Crippen LogP contribution is 2.23. The van der Waals surface area contributed by atoms with Crippen LogP contribution in [0.25, 0.3) is 0 Å². The molecular formula is C11H15ClN4O. The molecule has 17 heavy (non-hydrogen) atoms. The predicted molar refractivity (Wildman–Crippen MR) is 64.1 cm³/mol. The Kier molecular flexibility index (Phi) is 2.95. The molecule has 0 aliphatic rings. The van der Waals surface area contributed by atoms with Crippen LogP contribution in [-0.4, -0.2) is 19.7 Å². The van der Waals surface area contributed by atoms with Crippen LogP contribution in [0.1, 0.15) is 38.2 Å². The number of rotatable bonds is 2. The molecule has 0 bridgehead atoms. The lowest BCUT2D eigenvalue weighted by molar-refractivity contribution is 0.438. The van der Waals surface area contributed by atoms with Gasteiger partial charge in [0.05, 0.1) is 6.20 Å². The van der Waals surface area contributed by atoms with Crippen molar-refractivity contribution in [3.05, 3.63) is 29.0 Å². The summed E-state index contributed by atoms with van der Waals surface area (Å²) in [4.78, 5) is 4.15. The van der Waals surface area contributed by atoms with Crippen molar-refractivity contribution in [1.29, 1.82) is 0 Å². The van der Waals surface area contributed by atoms with Crippen LogP contribution in [0.4, 0.5) is 0 Å². The van der Waals surface area contributed by atoms with Gasteiger partial charge in [0, 0.05) is 5.41 Å². The van der Waals surface area contributed by atoms with Crippen molar-refractivity contribution >= 4 is 11.6 Å². The first-order chi connectivity index (χ1) is 7.88. The number of hydrogen-bond acceptors (Lipinski definition) is 4. The zero-order chi connectivity index (χ0) is 12.6. The van der Waals surface area contributed by atoms with E-state index in [0.717, 1.165) is 11.6 Å². The zero-order valence-corrected chi connectivity index (χ0v) is 11.1. The average molecular weight is 255 g/mol. The Morgan fingerprint density at radius 1 is 1.35 bits per heavy atom. The summed E-state index contributed by atoms with van der Waals surface area (Å²) >= 11 is 6.03. The van der Waals surface area contributed by atoms with E-state index in [9.17, 15) is 0 Å². The van der Waals surface area contributed by atoms with Crippen molar-refractivity contribution in [2.75, 3.05) is 0 Å². The van der Waals surface area contributed by atoms with Gasteiger partial charge in [-0.05, 0) is 18.5 Å². The minimum atomic E-state index is -0.123. The lowest BCUT2D eigenvalue weighted by Gasteiger charge is -2.18. The number of hydrogen-bond donors (Lipinski definition) is 0. The molecule has 0 unspecified atom stereocenters. The maximum Gasteiger partial charge on any atom is 0.225 e. The summed E-state index contributed by atoms with van der Waals surface area (Å²) in [6.07, 6.45) is 1.68. The normalized spacial score (nSPS) is 12.1. The lowest BCUT2D eigenvalue weighted by Crippen LogP contribution is -2.19. The zero-order valence-electron chi connectivity index (χ0n) is 10.4. The molecule has 2 aromatic rings. The Labute approximate surface area is 105 Å². The van der Waals surface area contributed by atoms with Crippen LogP contribution in [0.3, 0.4) is 0 Å². The predicted octanol–water partition coefficient (Wildman–Crippen LogP) is 2.57. The fourth-order valence-electron chi connectivity index (χ4n) is 1.59. The van der Waals surface area contributed by atoms with Crippen molar-refractivity contribution in [2.45, 2.75) is 39.7 Å². The van der Waals surface area contributed by atoms with Crippen molar-refractivity contribution in [3.8, 4) is 0 Å². The first-order valence-corrected chi connectivity index (χ1v) is 5.76. The van der Waals surface area contributed by atoms with Crippen LogP contribution < -0.4 is 0 Å². The van der Waals surface area contributed by atoms with Crippen molar-refractivity contribution in [1.82, 2.24) is 19.7 Å². The number of nitrogens with zero attached hydrogens (tertiary/aromatic N) is 4. The van der Waals surface area contributed by atoms with Gasteiger partial charge in [0.2, 0.25) is 11.2 Å². The summed E-state index contributed by atoms with van der Waals surface area (Å²) in [5.74, 6) is 2.20. The second-order valence-electron chi connectivity index (χ2n) is 4.99. The fraction of sp³-hybridized carbons (Fsp3) is 0.545. The maximum absolute atomic E-state index is 6.03. The lowest BCUT2D eigenvalue weighted by atomic mass is 9.96. The third-order valence-electron chi connectivity index (χ3n) is 2.34. The highest BCUT2D eigenvalue weighted by atomic mass is 35.5. The first kappa shape index (κ1) is 12.1. The summed E-state index contributed by atoms with van der Waals surface area (Å²) in [6.45, 7) is 8.49. The van der Waals surface area contributed by atoms with E-state index < -0.39 is 0 Å². The summed E-state index contributed by atoms with van der Waals surface area (Å²) < 4.78 is 7.25. The number of oxazole rings is 1. The van der Waals surface area contributed by atoms with Gasteiger partial charge in [-0.3, -0.25) is 4.57 Å². The molecule has 0 atom stereocenters. The SMILES string of the molecule is Cc1cnc(Cn2c(Cl)nnc2C(C)(C)C)o1. The molecule has 2 heterocycles. The quantitative estimate of drug-likeness (QED) is 0.827. The molecule has 0 saturated heterocycles. The van der Waals surface area contributed by atoms with Gasteiger partial charge in [-0.15, -0.1) is 10.2 Å². The van der Waals surface area contributed by atoms with Gasteiger partial charge in [0.1, 0.15) is 18.1 Å². The van der Waals surface area contributed by atoms with Crippen LogP contribution in [0, 0.1) is 6.92 Å². The van der Waals surface area contributed by atoms with E-state index in [1.807, 2.05) is 11.5 Å². The number of aryl methyl sites for hydroxylation is 1. The van der Waals surface area contributed by atoms with Gasteiger partial charge in [0.25, 0.3) is 0 Å². The highest BCUT2D eigenvalue weighted by Gasteiger charge is 2.24. The van der Waals surface area contributed by atoms with E-state index in [0.29, 0.717) is 17.7 Å². The summed E-state index contributed by atoms with van der Waals surface area (Å²) in [5, 5.41) is 8.35. The van der Waals surface area contributed by atoms with Gasteiger partial charge in [-0.25, -0.2) is 4.98 Å². The molecule has 0 aliphatic carbocycles. The van der Waals surface area contributed by atoms with Gasteiger partial charge in [0.15, 0.2) is 0 Å². The van der Waals surface area contributed by atoms with E-state index in [1.165, 1.54) is 0 Å². The van der Waals surface area contributed by atoms with Crippen LogP contribution in [0.2, 0.25) is 5.28 Å². The minimum Gasteiger partial charge on any atom is -0.444 e. The second-order valence-corrected chi connectivity index (χ2v) is 5.33. The standard InChI is InChI=1S/C11H15ClN4O/c1-7-5-13-8(17-7)6-16-9(11(2,3)4)14-15-10(16)12/h5H,6H2,1-4H3. The minimum absolute atomic E-state index is 0.123. The maximum atomic E-state index is 6.03. The largest absolute Gasteiger partial charge is 0.444 e. The fourth-order valence-corrected chi connectivity index (χ4v) is 1.77. The molecule has 6 heteroatoms. The molecule has 0 spiro atoms. The molecule has 0 amide bonds. The molecule has 0 fully saturated rings. The molecule has 2 rings (SSSR count). The van der Waals surface area contributed by atoms with Gasteiger partial charge in [-0.2, -0.15) is 0 Å². The Hall–Kier alpha value is -1.36. The Morgan fingerprint density at radius 3 is 2.59 bits per heavy atom. The van der Waals surface area contributed by atoms with Gasteiger partial charge >= 0.3 is 0 Å². The van der Waals surface area contributed by atoms with Gasteiger partial charge < -0.3 is 4.42 Å². The molecule has 0 N–H and O–H groups in total. The van der Waals surface area contributed by atoms with Crippen molar-refractivity contribution < 1.29 is 4.42 Å². The van der Waals surface area contributed by atoms with Gasteiger partial charge in [-0.1, -0.05) is 20.8 Å². The topological polar surface area (TPSA) is 56.7 Å². The average Bonchev–Trinajstić information content (AvgIpc) is 2.74. The Morgan fingerprint density at radius 2 is 2.06 bits per heavy atom. The molecule has 0 radical (unpaired) electrons. The van der Waals surface area contributed by atoms with Crippen LogP contribution in [0.15, 0.2) is 10.6 Å². The third kappa shape index (κ3) is 2.49. The highest BCUT2D eigenvalue weighted by molar-refractivity contribution is 6.28. The molecule has 92 valence electrons.